The smallest absolute Gasteiger partial charge is 0.282 e. The quantitative estimate of drug-likeness (QED) is 0.370. The van der Waals surface area contributed by atoms with Gasteiger partial charge in [-0.1, -0.05) is 24.3 Å². The number of nitrogens with zero attached hydrogens (tertiary/aromatic N) is 2. The first kappa shape index (κ1) is 21.9. The molecule has 30 heavy (non-hydrogen) atoms. The summed E-state index contributed by atoms with van der Waals surface area (Å²) in [6.45, 7) is 0. The molecule has 3 rings (SSSR count). The lowest BCUT2D eigenvalue weighted by atomic mass is 10.1. The summed E-state index contributed by atoms with van der Waals surface area (Å²) in [5, 5.41) is 7.53. The van der Waals surface area contributed by atoms with Crippen LogP contribution in [0, 0.1) is 0 Å². The maximum atomic E-state index is 11.8. The molecule has 3 N–H and O–H groups in total. The third-order valence-corrected chi connectivity index (χ3v) is 6.54. The maximum Gasteiger partial charge on any atom is 0.296 e. The van der Waals surface area contributed by atoms with E-state index in [4.69, 9.17) is 0 Å². The monoisotopic (exact) mass is 472 g/mol. The van der Waals surface area contributed by atoms with Gasteiger partial charge in [0.1, 0.15) is 21.2 Å². The predicted molar refractivity (Wildman–Crippen MR) is 104 cm³/mol. The molecule has 0 aliphatic heterocycles. The summed E-state index contributed by atoms with van der Waals surface area (Å²) in [7, 11) is -14.2. The van der Waals surface area contributed by atoms with Crippen LogP contribution in [0.25, 0.3) is 10.8 Å². The van der Waals surface area contributed by atoms with Crippen molar-refractivity contribution in [2.45, 2.75) is 14.7 Å². The molecule has 0 saturated carbocycles. The second-order valence-electron chi connectivity index (χ2n) is 5.89. The zero-order valence-corrected chi connectivity index (χ0v) is 17.1. The van der Waals surface area contributed by atoms with Gasteiger partial charge in [-0.05, 0) is 35.7 Å². The lowest BCUT2D eigenvalue weighted by Gasteiger charge is -2.08. The second kappa shape index (κ2) is 7.50. The molecule has 14 heteroatoms. The van der Waals surface area contributed by atoms with Gasteiger partial charge in [0.05, 0.1) is 4.90 Å². The summed E-state index contributed by atoms with van der Waals surface area (Å²) in [5.74, 6) is 0. The number of rotatable bonds is 5. The van der Waals surface area contributed by atoms with Crippen molar-refractivity contribution in [3.8, 4) is 0 Å². The summed E-state index contributed by atoms with van der Waals surface area (Å²) in [6, 6.07) is 10.4. The lowest BCUT2D eigenvalue weighted by Crippen LogP contribution is -2.00. The van der Waals surface area contributed by atoms with Gasteiger partial charge in [-0.3, -0.25) is 13.7 Å². The first-order chi connectivity index (χ1) is 13.8. The molecular formula is C16H12N2O9S3. The third kappa shape index (κ3) is 4.53. The van der Waals surface area contributed by atoms with Crippen LogP contribution in [0.4, 0.5) is 11.4 Å². The van der Waals surface area contributed by atoms with E-state index in [0.29, 0.717) is 0 Å². The summed E-state index contributed by atoms with van der Waals surface area (Å²) in [5.41, 5.74) is -0.852. The van der Waals surface area contributed by atoms with E-state index in [1.165, 1.54) is 30.3 Å². The van der Waals surface area contributed by atoms with Crippen molar-refractivity contribution in [2.24, 2.45) is 10.2 Å². The van der Waals surface area contributed by atoms with E-state index in [1.807, 2.05) is 0 Å². The van der Waals surface area contributed by atoms with Crippen molar-refractivity contribution in [3.63, 3.8) is 0 Å². The molecule has 0 aliphatic carbocycles. The van der Waals surface area contributed by atoms with Gasteiger partial charge < -0.3 is 0 Å². The van der Waals surface area contributed by atoms with Crippen LogP contribution in [0.1, 0.15) is 0 Å². The molecule has 3 aromatic rings. The topological polar surface area (TPSA) is 188 Å². The Balaban J connectivity index is 2.35. The van der Waals surface area contributed by atoms with Crippen LogP contribution in [0.15, 0.2) is 79.5 Å². The number of hydrogen-bond acceptors (Lipinski definition) is 8. The summed E-state index contributed by atoms with van der Waals surface area (Å²) < 4.78 is 97.4. The molecule has 0 bridgehead atoms. The van der Waals surface area contributed by atoms with E-state index in [-0.39, 0.29) is 16.5 Å². The molecule has 3 aromatic carbocycles. The number of hydrogen-bond donors (Lipinski definition) is 3. The Bertz CT molecular complexity index is 1510. The van der Waals surface area contributed by atoms with Crippen LogP contribution in [0.2, 0.25) is 0 Å². The van der Waals surface area contributed by atoms with Crippen molar-refractivity contribution in [1.82, 2.24) is 0 Å². The predicted octanol–water partition coefficient (Wildman–Crippen LogP) is 3.00. The molecule has 0 unspecified atom stereocenters. The normalized spacial score (nSPS) is 13.2. The molecular weight excluding hydrogens is 460 g/mol. The van der Waals surface area contributed by atoms with E-state index < -0.39 is 50.7 Å². The molecule has 0 fully saturated rings. The van der Waals surface area contributed by atoms with Crippen molar-refractivity contribution in [3.05, 3.63) is 54.6 Å². The Labute approximate surface area is 171 Å². The van der Waals surface area contributed by atoms with Crippen LogP contribution < -0.4 is 0 Å². The minimum Gasteiger partial charge on any atom is -0.282 e. The standard InChI is InChI=1S/C16H12N2O9S3/c19-28(20,21)11-7-5-10-6-8-15(30(25,26)27)16(12(10)9-11)18-17-13-3-1-2-4-14(13)29(22,23)24/h1-9H,(H,19,20,21)(H,22,23,24)(H,25,26,27)/b18-17+. The zero-order chi connectivity index (χ0) is 22.3. The van der Waals surface area contributed by atoms with E-state index in [9.17, 15) is 38.9 Å². The molecule has 0 aliphatic rings. The Kier molecular flexibility index (Phi) is 5.48. The highest BCUT2D eigenvalue weighted by Crippen LogP contribution is 2.36. The lowest BCUT2D eigenvalue weighted by molar-refractivity contribution is 0.480. The second-order valence-corrected chi connectivity index (χ2v) is 10.1. The van der Waals surface area contributed by atoms with Crippen molar-refractivity contribution >= 4 is 52.5 Å². The third-order valence-electron chi connectivity index (χ3n) is 3.90. The Morgan fingerprint density at radius 2 is 1.23 bits per heavy atom. The molecule has 11 nitrogen and oxygen atoms in total. The molecule has 0 saturated heterocycles. The van der Waals surface area contributed by atoms with Crippen LogP contribution in [0.3, 0.4) is 0 Å². The van der Waals surface area contributed by atoms with Gasteiger partial charge in [-0.15, -0.1) is 10.2 Å². The Hall–Kier alpha value is -2.75. The van der Waals surface area contributed by atoms with Gasteiger partial charge in [-0.25, -0.2) is 0 Å². The van der Waals surface area contributed by atoms with Crippen molar-refractivity contribution in [2.75, 3.05) is 0 Å². The van der Waals surface area contributed by atoms with Crippen LogP contribution >= 0.6 is 0 Å². The fourth-order valence-electron chi connectivity index (χ4n) is 2.60. The van der Waals surface area contributed by atoms with Crippen molar-refractivity contribution < 1.29 is 38.9 Å². The highest BCUT2D eigenvalue weighted by Gasteiger charge is 2.21. The van der Waals surface area contributed by atoms with Crippen molar-refractivity contribution in [1.29, 1.82) is 0 Å². The minimum atomic E-state index is -4.85. The Morgan fingerprint density at radius 1 is 0.633 bits per heavy atom. The summed E-state index contributed by atoms with van der Waals surface area (Å²) in [4.78, 5) is -1.92. The highest BCUT2D eigenvalue weighted by molar-refractivity contribution is 7.86. The van der Waals surface area contributed by atoms with E-state index in [0.717, 1.165) is 24.3 Å². The fourth-order valence-corrected chi connectivity index (χ4v) is 4.36. The van der Waals surface area contributed by atoms with E-state index in [1.54, 1.807) is 0 Å². The van der Waals surface area contributed by atoms with E-state index >= 15 is 0 Å². The largest absolute Gasteiger partial charge is 0.296 e. The van der Waals surface area contributed by atoms with Gasteiger partial charge >= 0.3 is 0 Å². The van der Waals surface area contributed by atoms with Gasteiger partial charge in [-0.2, -0.15) is 25.3 Å². The molecule has 0 heterocycles. The van der Waals surface area contributed by atoms with Gasteiger partial charge in [0.15, 0.2) is 0 Å². The summed E-state index contributed by atoms with van der Waals surface area (Å²) >= 11 is 0. The zero-order valence-electron chi connectivity index (χ0n) is 14.6. The van der Waals surface area contributed by atoms with Crippen LogP contribution in [-0.4, -0.2) is 38.9 Å². The molecule has 158 valence electrons. The number of fused-ring (bicyclic) bond motifs is 1. The number of benzene rings is 3. The average Bonchev–Trinajstić information content (AvgIpc) is 2.63. The van der Waals surface area contributed by atoms with Gasteiger partial charge in [0.25, 0.3) is 30.4 Å². The van der Waals surface area contributed by atoms with Crippen LogP contribution in [-0.2, 0) is 30.4 Å². The van der Waals surface area contributed by atoms with Gasteiger partial charge in [0.2, 0.25) is 0 Å². The number of azo groups is 1. The molecule has 0 spiro atoms. The molecule has 0 radical (unpaired) electrons. The van der Waals surface area contributed by atoms with Gasteiger partial charge in [0, 0.05) is 5.39 Å². The first-order valence-corrected chi connectivity index (χ1v) is 12.1. The van der Waals surface area contributed by atoms with Crippen LogP contribution in [0.5, 0.6) is 0 Å². The minimum absolute atomic E-state index is 0.117. The highest BCUT2D eigenvalue weighted by atomic mass is 32.2. The molecule has 0 atom stereocenters. The average molecular weight is 472 g/mol. The fraction of sp³-hybridized carbons (Fsp3) is 0. The SMILES string of the molecule is O=S(=O)(O)c1ccc2ccc(S(=O)(=O)O)c(/N=N/c3ccccc3S(=O)(=O)O)c2c1. The maximum absolute atomic E-state index is 11.8. The molecule has 0 aromatic heterocycles. The van der Waals surface area contributed by atoms with E-state index in [2.05, 4.69) is 10.2 Å². The summed E-state index contributed by atoms with van der Waals surface area (Å²) in [6.07, 6.45) is 0. The first-order valence-electron chi connectivity index (χ1n) is 7.78. The Morgan fingerprint density at radius 3 is 1.83 bits per heavy atom. The molecule has 0 amide bonds.